The van der Waals surface area contributed by atoms with Gasteiger partial charge in [0.25, 0.3) is 5.91 Å². The van der Waals surface area contributed by atoms with Gasteiger partial charge in [-0.3, -0.25) is 9.78 Å². The van der Waals surface area contributed by atoms with E-state index in [9.17, 15) is 9.59 Å². The molecule has 2 N–H and O–H groups in total. The van der Waals surface area contributed by atoms with Gasteiger partial charge in [0.05, 0.1) is 33.4 Å². The highest BCUT2D eigenvalue weighted by Crippen LogP contribution is 2.26. The van der Waals surface area contributed by atoms with Crippen molar-refractivity contribution in [3.63, 3.8) is 0 Å². The normalized spacial score (nSPS) is 14.8. The molecule has 36 heavy (non-hydrogen) atoms. The molecule has 0 spiro atoms. The molecule has 2 aromatic heterocycles. The molecule has 2 aromatic carbocycles. The van der Waals surface area contributed by atoms with Gasteiger partial charge in [-0.05, 0) is 12.1 Å². The number of anilines is 1. The number of rotatable bonds is 6. The van der Waals surface area contributed by atoms with Crippen molar-refractivity contribution < 1.29 is 19.2 Å². The van der Waals surface area contributed by atoms with Gasteiger partial charge in [-0.1, -0.05) is 71.7 Å². The van der Waals surface area contributed by atoms with Crippen LogP contribution in [0.2, 0.25) is 10.0 Å². The average Bonchev–Trinajstić information content (AvgIpc) is 2.88. The van der Waals surface area contributed by atoms with Crippen LogP contribution in [0.15, 0.2) is 66.9 Å². The highest BCUT2D eigenvalue weighted by Gasteiger charge is 2.29. The van der Waals surface area contributed by atoms with E-state index in [1.54, 1.807) is 0 Å². The van der Waals surface area contributed by atoms with Crippen molar-refractivity contribution in [2.24, 2.45) is 0 Å². The van der Waals surface area contributed by atoms with Crippen molar-refractivity contribution >= 4 is 51.8 Å². The molecule has 1 atom stereocenters. The predicted octanol–water partition coefficient (Wildman–Crippen LogP) is 3.87. The van der Waals surface area contributed by atoms with Crippen LogP contribution in [0.3, 0.4) is 0 Å². The van der Waals surface area contributed by atoms with Crippen LogP contribution >= 0.6 is 23.2 Å². The van der Waals surface area contributed by atoms with Crippen LogP contribution < -0.4 is 10.2 Å². The van der Waals surface area contributed by atoms with Crippen LogP contribution in [0.1, 0.15) is 27.2 Å². The largest absolute Gasteiger partial charge is 0.452 e. The topological polar surface area (TPSA) is 85.6 Å². The van der Waals surface area contributed by atoms with Gasteiger partial charge < -0.3 is 15.0 Å². The molecular formula is C27H23Cl2N4O3+. The van der Waals surface area contributed by atoms with Gasteiger partial charge in [0, 0.05) is 29.1 Å². The summed E-state index contributed by atoms with van der Waals surface area (Å²) in [5.74, 6) is -0.964. The minimum atomic E-state index is -0.559. The van der Waals surface area contributed by atoms with Crippen LogP contribution in [0.25, 0.3) is 10.9 Å². The Kier molecular flexibility index (Phi) is 7.13. The molecule has 182 valence electrons. The summed E-state index contributed by atoms with van der Waals surface area (Å²) < 4.78 is 5.47. The van der Waals surface area contributed by atoms with Crippen molar-refractivity contribution in [3.8, 4) is 0 Å². The molecule has 1 aliphatic rings. The van der Waals surface area contributed by atoms with Gasteiger partial charge in [-0.2, -0.15) is 0 Å². The number of carbonyl (C=O) groups is 2. The van der Waals surface area contributed by atoms with E-state index in [1.165, 1.54) is 22.7 Å². The third-order valence-electron chi connectivity index (χ3n) is 6.12. The van der Waals surface area contributed by atoms with Crippen molar-refractivity contribution in [2.75, 3.05) is 18.5 Å². The van der Waals surface area contributed by atoms with E-state index in [2.05, 4.69) is 22.4 Å². The summed E-state index contributed by atoms with van der Waals surface area (Å²) >= 11 is 11.9. The molecule has 1 aliphatic heterocycles. The van der Waals surface area contributed by atoms with Gasteiger partial charge >= 0.3 is 5.97 Å². The Morgan fingerprint density at radius 2 is 1.83 bits per heavy atom. The molecule has 4 aromatic rings. The van der Waals surface area contributed by atoms with E-state index in [1.807, 2.05) is 42.5 Å². The van der Waals surface area contributed by atoms with E-state index >= 15 is 0 Å². The predicted molar refractivity (Wildman–Crippen MR) is 138 cm³/mol. The molecule has 3 heterocycles. The number of quaternary nitrogens is 1. The van der Waals surface area contributed by atoms with E-state index in [0.717, 1.165) is 36.3 Å². The Morgan fingerprint density at radius 3 is 2.64 bits per heavy atom. The fraction of sp³-hybridized carbons (Fsp3) is 0.185. The number of hydrogen-bond donors (Lipinski definition) is 2. The molecule has 5 rings (SSSR count). The number of aromatic nitrogens is 2. The van der Waals surface area contributed by atoms with E-state index < -0.39 is 18.5 Å². The quantitative estimate of drug-likeness (QED) is 0.376. The lowest BCUT2D eigenvalue weighted by atomic mass is 9.95. The van der Waals surface area contributed by atoms with Crippen molar-refractivity contribution in [1.82, 2.24) is 9.97 Å². The first kappa shape index (κ1) is 24.2. The lowest BCUT2D eigenvalue weighted by Gasteiger charge is -2.27. The second-order valence-electron chi connectivity index (χ2n) is 8.63. The fourth-order valence-electron chi connectivity index (χ4n) is 4.48. The second-order valence-corrected chi connectivity index (χ2v) is 9.47. The van der Waals surface area contributed by atoms with Crippen molar-refractivity contribution in [2.45, 2.75) is 19.5 Å². The number of hydrogen-bond acceptors (Lipinski definition) is 5. The molecule has 0 aliphatic carbocycles. The lowest BCUT2D eigenvalue weighted by Crippen LogP contribution is -3.10. The van der Waals surface area contributed by atoms with Crippen LogP contribution in [0.4, 0.5) is 5.82 Å². The molecule has 9 heteroatoms. The molecule has 1 amide bonds. The number of esters is 1. The van der Waals surface area contributed by atoms with Gasteiger partial charge in [0.2, 0.25) is 0 Å². The standard InChI is InChI=1S/C27H22Cl2N4O3/c28-18-12-21(29)26(30-13-18)32-24(34)16-36-27(35)25-19-8-4-5-9-22(19)31-23-10-11-33(15-20(23)25)14-17-6-2-1-3-7-17/h1-9,12-13H,10-11,14-16H2,(H,30,32,34)/p+1. The maximum Gasteiger partial charge on any atom is 0.339 e. The number of nitrogens with one attached hydrogen (secondary N) is 2. The molecule has 0 saturated heterocycles. The Hall–Kier alpha value is -3.52. The minimum Gasteiger partial charge on any atom is -0.452 e. The van der Waals surface area contributed by atoms with Gasteiger partial charge in [-0.25, -0.2) is 9.78 Å². The maximum absolute atomic E-state index is 13.4. The third kappa shape index (κ3) is 5.33. The zero-order valence-electron chi connectivity index (χ0n) is 19.3. The smallest absolute Gasteiger partial charge is 0.339 e. The minimum absolute atomic E-state index is 0.147. The Bertz CT molecular complexity index is 1450. The number of para-hydroxylation sites is 1. The zero-order valence-corrected chi connectivity index (χ0v) is 20.8. The Labute approximate surface area is 218 Å². The van der Waals surface area contributed by atoms with Crippen molar-refractivity contribution in [3.05, 3.63) is 99.3 Å². The van der Waals surface area contributed by atoms with Crippen LogP contribution in [0.5, 0.6) is 0 Å². The Balaban J connectivity index is 1.37. The molecule has 0 saturated carbocycles. The molecule has 0 bridgehead atoms. The number of amides is 1. The van der Waals surface area contributed by atoms with E-state index in [0.29, 0.717) is 22.5 Å². The summed E-state index contributed by atoms with van der Waals surface area (Å²) in [6.45, 7) is 1.92. The number of nitrogens with zero attached hydrogens (tertiary/aromatic N) is 2. The zero-order chi connectivity index (χ0) is 25.1. The van der Waals surface area contributed by atoms with Gasteiger partial charge in [0.15, 0.2) is 12.4 Å². The molecule has 7 nitrogen and oxygen atoms in total. The van der Waals surface area contributed by atoms with Crippen LogP contribution in [-0.2, 0) is 29.0 Å². The first-order chi connectivity index (χ1) is 17.5. The van der Waals surface area contributed by atoms with E-state index in [-0.39, 0.29) is 10.8 Å². The van der Waals surface area contributed by atoms with Gasteiger partial charge in [-0.15, -0.1) is 0 Å². The van der Waals surface area contributed by atoms with Crippen LogP contribution in [0, 0.1) is 0 Å². The van der Waals surface area contributed by atoms with E-state index in [4.69, 9.17) is 32.9 Å². The monoisotopic (exact) mass is 521 g/mol. The maximum atomic E-state index is 13.4. The average molecular weight is 522 g/mol. The summed E-state index contributed by atoms with van der Waals surface area (Å²) in [5, 5.41) is 3.80. The molecule has 0 fully saturated rings. The summed E-state index contributed by atoms with van der Waals surface area (Å²) in [5.41, 5.74) is 4.21. The highest BCUT2D eigenvalue weighted by atomic mass is 35.5. The first-order valence-corrected chi connectivity index (χ1v) is 12.3. The molecule has 1 unspecified atom stereocenters. The second kappa shape index (κ2) is 10.6. The first-order valence-electron chi connectivity index (χ1n) is 11.5. The summed E-state index contributed by atoms with van der Waals surface area (Å²) in [6.07, 6.45) is 2.12. The molecule has 0 radical (unpaired) electrons. The number of benzene rings is 2. The SMILES string of the molecule is O=C(COC(=O)c1c2c(nc3ccccc13)CC[NH+](Cc1ccccc1)C2)Nc1ncc(Cl)cc1Cl. The number of ether oxygens (including phenoxy) is 1. The number of fused-ring (bicyclic) bond motifs is 2. The number of halogens is 2. The Morgan fingerprint density at radius 1 is 1.06 bits per heavy atom. The van der Waals surface area contributed by atoms with Gasteiger partial charge in [0.1, 0.15) is 13.1 Å². The summed E-state index contributed by atoms with van der Waals surface area (Å²) in [7, 11) is 0. The van der Waals surface area contributed by atoms with Crippen molar-refractivity contribution in [1.29, 1.82) is 0 Å². The number of pyridine rings is 2. The molecular weight excluding hydrogens is 499 g/mol. The summed E-state index contributed by atoms with van der Waals surface area (Å²) in [4.78, 5) is 36.0. The lowest BCUT2D eigenvalue weighted by molar-refractivity contribution is -0.929. The number of carbonyl (C=O) groups excluding carboxylic acids is 2. The fourth-order valence-corrected chi connectivity index (χ4v) is 4.91. The van der Waals surface area contributed by atoms with Crippen LogP contribution in [-0.4, -0.2) is 35.0 Å². The highest BCUT2D eigenvalue weighted by molar-refractivity contribution is 6.36. The third-order valence-corrected chi connectivity index (χ3v) is 6.62. The summed E-state index contributed by atoms with van der Waals surface area (Å²) in [6, 6.07) is 19.3.